The SMILES string of the molecule is Cl.O=C(NCC1NCCc2ccccc21)c1ccc2c(c1)CCC2. The van der Waals surface area contributed by atoms with Crippen molar-refractivity contribution in [2.45, 2.75) is 31.7 Å². The molecule has 0 saturated carbocycles. The van der Waals surface area contributed by atoms with Gasteiger partial charge in [-0.2, -0.15) is 0 Å². The minimum Gasteiger partial charge on any atom is -0.350 e. The molecule has 126 valence electrons. The molecule has 2 aromatic carbocycles. The number of amides is 1. The van der Waals surface area contributed by atoms with E-state index in [1.807, 2.05) is 6.07 Å². The number of halogens is 1. The lowest BCUT2D eigenvalue weighted by Gasteiger charge is -2.27. The second-order valence-electron chi connectivity index (χ2n) is 6.50. The third kappa shape index (κ3) is 3.33. The Morgan fingerprint density at radius 2 is 1.88 bits per heavy atom. The Labute approximate surface area is 149 Å². The molecule has 0 fully saturated rings. The van der Waals surface area contributed by atoms with Crippen LogP contribution in [0.2, 0.25) is 0 Å². The molecule has 0 saturated heterocycles. The molecule has 0 spiro atoms. The van der Waals surface area contributed by atoms with E-state index < -0.39 is 0 Å². The Morgan fingerprint density at radius 3 is 2.79 bits per heavy atom. The summed E-state index contributed by atoms with van der Waals surface area (Å²) < 4.78 is 0. The molecule has 0 radical (unpaired) electrons. The second kappa shape index (κ2) is 7.37. The summed E-state index contributed by atoms with van der Waals surface area (Å²) in [7, 11) is 0. The van der Waals surface area contributed by atoms with Crippen LogP contribution in [0.15, 0.2) is 42.5 Å². The average molecular weight is 343 g/mol. The van der Waals surface area contributed by atoms with E-state index in [1.54, 1.807) is 0 Å². The van der Waals surface area contributed by atoms with Crippen molar-refractivity contribution in [1.29, 1.82) is 0 Å². The highest BCUT2D eigenvalue weighted by Crippen LogP contribution is 2.24. The molecule has 1 unspecified atom stereocenters. The van der Waals surface area contributed by atoms with E-state index in [4.69, 9.17) is 0 Å². The Balaban J connectivity index is 0.00000169. The first-order valence-corrected chi connectivity index (χ1v) is 8.52. The van der Waals surface area contributed by atoms with Crippen LogP contribution in [-0.4, -0.2) is 19.0 Å². The summed E-state index contributed by atoms with van der Waals surface area (Å²) in [4.78, 5) is 12.5. The Hall–Kier alpha value is -1.84. The van der Waals surface area contributed by atoms with Crippen LogP contribution >= 0.6 is 12.4 Å². The third-order valence-corrected chi connectivity index (χ3v) is 5.04. The van der Waals surface area contributed by atoms with E-state index in [0.29, 0.717) is 6.54 Å². The molecule has 1 amide bonds. The molecule has 4 heteroatoms. The summed E-state index contributed by atoms with van der Waals surface area (Å²) in [5.74, 6) is 0.0320. The monoisotopic (exact) mass is 342 g/mol. The van der Waals surface area contributed by atoms with Crippen molar-refractivity contribution < 1.29 is 4.79 Å². The standard InChI is InChI=1S/C20H22N2O.ClH/c23-20(17-9-8-14-5-3-6-16(14)12-17)22-13-19-18-7-2-1-4-15(18)10-11-21-19;/h1-2,4,7-9,12,19,21H,3,5-6,10-11,13H2,(H,22,23);1H. The molecule has 0 aromatic heterocycles. The van der Waals surface area contributed by atoms with Crippen molar-refractivity contribution in [1.82, 2.24) is 10.6 Å². The molecular weight excluding hydrogens is 320 g/mol. The van der Waals surface area contributed by atoms with Crippen molar-refractivity contribution in [3.05, 3.63) is 70.3 Å². The van der Waals surface area contributed by atoms with Crippen LogP contribution in [-0.2, 0) is 19.3 Å². The zero-order valence-electron chi connectivity index (χ0n) is 13.7. The Bertz CT molecular complexity index is 744. The van der Waals surface area contributed by atoms with Crippen LogP contribution in [0.3, 0.4) is 0 Å². The van der Waals surface area contributed by atoms with Crippen LogP contribution in [0.4, 0.5) is 0 Å². The molecule has 1 aliphatic carbocycles. The summed E-state index contributed by atoms with van der Waals surface area (Å²) in [6, 6.07) is 14.9. The lowest BCUT2D eigenvalue weighted by molar-refractivity contribution is 0.0949. The lowest BCUT2D eigenvalue weighted by Crippen LogP contribution is -2.38. The maximum Gasteiger partial charge on any atom is 0.251 e. The zero-order valence-corrected chi connectivity index (χ0v) is 14.5. The minimum absolute atomic E-state index is 0. The van der Waals surface area contributed by atoms with Gasteiger partial charge in [0.1, 0.15) is 0 Å². The third-order valence-electron chi connectivity index (χ3n) is 5.04. The number of fused-ring (bicyclic) bond motifs is 2. The van der Waals surface area contributed by atoms with Gasteiger partial charge in [-0.1, -0.05) is 30.3 Å². The maximum atomic E-state index is 12.5. The molecule has 1 heterocycles. The molecule has 24 heavy (non-hydrogen) atoms. The van der Waals surface area contributed by atoms with Gasteiger partial charge < -0.3 is 10.6 Å². The normalized spacial score (nSPS) is 18.2. The van der Waals surface area contributed by atoms with Crippen LogP contribution in [0.1, 0.15) is 45.1 Å². The molecule has 0 bridgehead atoms. The highest BCUT2D eigenvalue weighted by molar-refractivity contribution is 5.94. The maximum absolute atomic E-state index is 12.5. The highest BCUT2D eigenvalue weighted by atomic mass is 35.5. The number of hydrogen-bond donors (Lipinski definition) is 2. The number of carbonyl (C=O) groups is 1. The average Bonchev–Trinajstić information content (AvgIpc) is 3.07. The van der Waals surface area contributed by atoms with Gasteiger partial charge >= 0.3 is 0 Å². The number of rotatable bonds is 3. The van der Waals surface area contributed by atoms with E-state index in [9.17, 15) is 4.79 Å². The summed E-state index contributed by atoms with van der Waals surface area (Å²) in [6.45, 7) is 1.60. The van der Waals surface area contributed by atoms with Gasteiger partial charge in [-0.05, 0) is 66.6 Å². The predicted octanol–water partition coefficient (Wildman–Crippen LogP) is 3.21. The molecule has 1 aliphatic heterocycles. The van der Waals surface area contributed by atoms with Gasteiger partial charge in [0.15, 0.2) is 0 Å². The molecule has 2 aromatic rings. The van der Waals surface area contributed by atoms with Crippen LogP contribution in [0.5, 0.6) is 0 Å². The van der Waals surface area contributed by atoms with E-state index >= 15 is 0 Å². The van der Waals surface area contributed by atoms with E-state index in [1.165, 1.54) is 28.7 Å². The lowest BCUT2D eigenvalue weighted by atomic mass is 9.94. The van der Waals surface area contributed by atoms with E-state index in [0.717, 1.165) is 31.4 Å². The van der Waals surface area contributed by atoms with Crippen molar-refractivity contribution in [2.24, 2.45) is 0 Å². The van der Waals surface area contributed by atoms with Crippen LogP contribution in [0, 0.1) is 0 Å². The number of hydrogen-bond acceptors (Lipinski definition) is 2. The van der Waals surface area contributed by atoms with Crippen LogP contribution in [0.25, 0.3) is 0 Å². The molecular formula is C20H23ClN2O. The zero-order chi connectivity index (χ0) is 15.6. The fourth-order valence-electron chi connectivity index (χ4n) is 3.78. The first-order chi connectivity index (χ1) is 11.3. The van der Waals surface area contributed by atoms with Crippen molar-refractivity contribution in [2.75, 3.05) is 13.1 Å². The van der Waals surface area contributed by atoms with Gasteiger partial charge in [0.05, 0.1) is 0 Å². The largest absolute Gasteiger partial charge is 0.350 e. The molecule has 2 aliphatic rings. The second-order valence-corrected chi connectivity index (χ2v) is 6.50. The summed E-state index contributed by atoms with van der Waals surface area (Å²) in [6.07, 6.45) is 4.53. The first-order valence-electron chi connectivity index (χ1n) is 8.52. The molecule has 3 nitrogen and oxygen atoms in total. The van der Waals surface area contributed by atoms with Gasteiger partial charge in [0.25, 0.3) is 5.91 Å². The van der Waals surface area contributed by atoms with E-state index in [-0.39, 0.29) is 24.4 Å². The molecule has 4 rings (SSSR count). The number of aryl methyl sites for hydroxylation is 2. The molecule has 2 N–H and O–H groups in total. The number of carbonyl (C=O) groups excluding carboxylic acids is 1. The fourth-order valence-corrected chi connectivity index (χ4v) is 3.78. The molecule has 1 atom stereocenters. The topological polar surface area (TPSA) is 41.1 Å². The smallest absolute Gasteiger partial charge is 0.251 e. The quantitative estimate of drug-likeness (QED) is 0.899. The fraction of sp³-hybridized carbons (Fsp3) is 0.350. The van der Waals surface area contributed by atoms with Gasteiger partial charge in [0, 0.05) is 18.2 Å². The van der Waals surface area contributed by atoms with Crippen molar-refractivity contribution in [3.8, 4) is 0 Å². The Morgan fingerprint density at radius 1 is 1.04 bits per heavy atom. The minimum atomic E-state index is 0. The predicted molar refractivity (Wildman–Crippen MR) is 98.9 cm³/mol. The van der Waals surface area contributed by atoms with Crippen molar-refractivity contribution in [3.63, 3.8) is 0 Å². The van der Waals surface area contributed by atoms with Gasteiger partial charge in [-0.25, -0.2) is 0 Å². The van der Waals surface area contributed by atoms with Crippen LogP contribution < -0.4 is 10.6 Å². The summed E-state index contributed by atoms with van der Waals surface area (Å²) >= 11 is 0. The Kier molecular flexibility index (Phi) is 5.22. The van der Waals surface area contributed by atoms with Gasteiger partial charge in [0.2, 0.25) is 0 Å². The van der Waals surface area contributed by atoms with E-state index in [2.05, 4.69) is 47.0 Å². The first kappa shape index (κ1) is 17.0. The highest BCUT2D eigenvalue weighted by Gasteiger charge is 2.20. The summed E-state index contributed by atoms with van der Waals surface area (Å²) in [5, 5.41) is 6.61. The van der Waals surface area contributed by atoms with Gasteiger partial charge in [-0.3, -0.25) is 4.79 Å². The number of nitrogens with one attached hydrogen (secondary N) is 2. The summed E-state index contributed by atoms with van der Waals surface area (Å²) in [5.41, 5.74) is 6.24. The number of benzene rings is 2. The van der Waals surface area contributed by atoms with Crippen molar-refractivity contribution >= 4 is 18.3 Å². The van der Waals surface area contributed by atoms with Gasteiger partial charge in [-0.15, -0.1) is 12.4 Å².